The van der Waals surface area contributed by atoms with Gasteiger partial charge in [0, 0.05) is 38.1 Å². The lowest BCUT2D eigenvalue weighted by molar-refractivity contribution is 0.0706. The summed E-state index contributed by atoms with van der Waals surface area (Å²) in [5.41, 5.74) is 0.880. The molecule has 2 amide bonds. The van der Waals surface area contributed by atoms with Crippen LogP contribution in [-0.2, 0) is 6.54 Å². The summed E-state index contributed by atoms with van der Waals surface area (Å²) in [6.45, 7) is 10.1. The van der Waals surface area contributed by atoms with Crippen molar-refractivity contribution in [3.8, 4) is 0 Å². The standard InChI is InChI=1S/C26H33N3O3/c1-5-27-23(31)20-14-28(13-18-9-7-6-8-10-18)15-21(22(20)30)24(32)29-17-26(4)12-19(29)11-25(2,3)16-26/h6-10,14-15,19H,5,11-13,16-17H2,1-4H3,(H,27,31)/t19-,26-/m0/s1. The van der Waals surface area contributed by atoms with Gasteiger partial charge in [-0.1, -0.05) is 51.1 Å². The number of amides is 2. The van der Waals surface area contributed by atoms with Gasteiger partial charge in [-0.3, -0.25) is 14.4 Å². The number of rotatable bonds is 5. The first kappa shape index (κ1) is 22.3. The van der Waals surface area contributed by atoms with Crippen LogP contribution in [-0.4, -0.2) is 40.4 Å². The molecular formula is C26H33N3O3. The van der Waals surface area contributed by atoms with Crippen molar-refractivity contribution in [3.05, 3.63) is 69.6 Å². The summed E-state index contributed by atoms with van der Waals surface area (Å²) >= 11 is 0. The van der Waals surface area contributed by atoms with Crippen molar-refractivity contribution in [1.29, 1.82) is 0 Å². The average Bonchev–Trinajstić information content (AvgIpc) is 2.98. The summed E-state index contributed by atoms with van der Waals surface area (Å²) < 4.78 is 1.78. The highest BCUT2D eigenvalue weighted by molar-refractivity contribution is 5.99. The van der Waals surface area contributed by atoms with E-state index in [1.165, 1.54) is 0 Å². The summed E-state index contributed by atoms with van der Waals surface area (Å²) in [5, 5.41) is 2.71. The van der Waals surface area contributed by atoms with E-state index >= 15 is 0 Å². The van der Waals surface area contributed by atoms with Crippen LogP contribution in [0.4, 0.5) is 0 Å². The van der Waals surface area contributed by atoms with E-state index in [4.69, 9.17) is 0 Å². The fourth-order valence-corrected chi connectivity index (χ4v) is 5.94. The second kappa shape index (κ2) is 8.23. The lowest BCUT2D eigenvalue weighted by atomic mass is 9.65. The number of aromatic nitrogens is 1. The van der Waals surface area contributed by atoms with Gasteiger partial charge >= 0.3 is 0 Å². The van der Waals surface area contributed by atoms with Crippen LogP contribution in [0.3, 0.4) is 0 Å². The van der Waals surface area contributed by atoms with Crippen LogP contribution in [0.5, 0.6) is 0 Å². The molecule has 170 valence electrons. The second-order valence-corrected chi connectivity index (χ2v) is 10.6. The molecule has 2 atom stereocenters. The van der Waals surface area contributed by atoms with E-state index in [2.05, 4.69) is 26.1 Å². The van der Waals surface area contributed by atoms with Gasteiger partial charge in [-0.25, -0.2) is 0 Å². The number of likely N-dealkylation sites (tertiary alicyclic amines) is 1. The summed E-state index contributed by atoms with van der Waals surface area (Å²) in [7, 11) is 0. The first-order chi connectivity index (χ1) is 15.1. The topological polar surface area (TPSA) is 71.4 Å². The Morgan fingerprint density at radius 1 is 1.06 bits per heavy atom. The summed E-state index contributed by atoms with van der Waals surface area (Å²) in [4.78, 5) is 41.5. The highest BCUT2D eigenvalue weighted by atomic mass is 16.2. The van der Waals surface area contributed by atoms with Crippen LogP contribution in [0.2, 0.25) is 0 Å². The number of hydrogen-bond donors (Lipinski definition) is 1. The summed E-state index contributed by atoms with van der Waals surface area (Å²) in [6, 6.07) is 9.93. The zero-order chi connectivity index (χ0) is 23.1. The number of nitrogens with one attached hydrogen (secondary N) is 1. The zero-order valence-electron chi connectivity index (χ0n) is 19.5. The third-order valence-electron chi connectivity index (χ3n) is 6.78. The van der Waals surface area contributed by atoms with E-state index < -0.39 is 11.3 Å². The Morgan fingerprint density at radius 2 is 1.75 bits per heavy atom. The summed E-state index contributed by atoms with van der Waals surface area (Å²) in [5.74, 6) is -0.698. The minimum atomic E-state index is -0.490. The van der Waals surface area contributed by atoms with Crippen molar-refractivity contribution < 1.29 is 9.59 Å². The van der Waals surface area contributed by atoms with Crippen LogP contribution < -0.4 is 10.7 Å². The number of carbonyl (C=O) groups is 2. The third kappa shape index (κ3) is 4.36. The molecule has 1 aromatic heterocycles. The van der Waals surface area contributed by atoms with E-state index in [9.17, 15) is 14.4 Å². The van der Waals surface area contributed by atoms with Crippen LogP contribution in [0, 0.1) is 10.8 Å². The Morgan fingerprint density at radius 3 is 2.44 bits per heavy atom. The number of hydrogen-bond acceptors (Lipinski definition) is 3. The molecule has 2 aliphatic rings. The molecule has 0 unspecified atom stereocenters. The minimum absolute atomic E-state index is 0.0161. The van der Waals surface area contributed by atoms with Gasteiger partial charge in [0.05, 0.1) is 0 Å². The van der Waals surface area contributed by atoms with Crippen molar-refractivity contribution in [1.82, 2.24) is 14.8 Å². The maximum atomic E-state index is 13.7. The highest BCUT2D eigenvalue weighted by Crippen LogP contribution is 2.52. The molecule has 6 heteroatoms. The van der Waals surface area contributed by atoms with Crippen molar-refractivity contribution in [2.75, 3.05) is 13.1 Å². The third-order valence-corrected chi connectivity index (χ3v) is 6.78. The first-order valence-electron chi connectivity index (χ1n) is 11.5. The van der Waals surface area contributed by atoms with Gasteiger partial charge < -0.3 is 14.8 Å². The molecule has 6 nitrogen and oxygen atoms in total. The molecule has 32 heavy (non-hydrogen) atoms. The van der Waals surface area contributed by atoms with Crippen LogP contribution >= 0.6 is 0 Å². The molecule has 1 saturated carbocycles. The maximum Gasteiger partial charge on any atom is 0.259 e. The number of benzene rings is 1. The van der Waals surface area contributed by atoms with Crippen molar-refractivity contribution >= 4 is 11.8 Å². The van der Waals surface area contributed by atoms with Gasteiger partial charge in [-0.05, 0) is 42.6 Å². The minimum Gasteiger partial charge on any atom is -0.352 e. The molecule has 1 N–H and O–H groups in total. The Balaban J connectivity index is 1.73. The zero-order valence-corrected chi connectivity index (χ0v) is 19.5. The molecule has 2 heterocycles. The van der Waals surface area contributed by atoms with Gasteiger partial charge in [0.1, 0.15) is 11.1 Å². The molecule has 2 fully saturated rings. The van der Waals surface area contributed by atoms with E-state index in [0.717, 1.165) is 24.8 Å². The highest BCUT2D eigenvalue weighted by Gasteiger charge is 2.51. The van der Waals surface area contributed by atoms with Gasteiger partial charge in [-0.2, -0.15) is 0 Å². The molecule has 1 aromatic carbocycles. The predicted octanol–water partition coefficient (Wildman–Crippen LogP) is 3.69. The average molecular weight is 436 g/mol. The van der Waals surface area contributed by atoms with Crippen LogP contribution in [0.1, 0.15) is 73.2 Å². The lowest BCUT2D eigenvalue weighted by Crippen LogP contribution is -2.41. The number of nitrogens with zero attached hydrogens (tertiary/aromatic N) is 2. The van der Waals surface area contributed by atoms with E-state index in [1.807, 2.05) is 42.2 Å². The van der Waals surface area contributed by atoms with Crippen LogP contribution in [0.15, 0.2) is 47.5 Å². The van der Waals surface area contributed by atoms with Gasteiger partial charge in [0.15, 0.2) is 0 Å². The number of carbonyl (C=O) groups excluding carboxylic acids is 2. The van der Waals surface area contributed by atoms with Gasteiger partial charge in [0.2, 0.25) is 5.43 Å². The Hall–Kier alpha value is -2.89. The lowest BCUT2D eigenvalue weighted by Gasteiger charge is -2.39. The first-order valence-corrected chi connectivity index (χ1v) is 11.5. The van der Waals surface area contributed by atoms with Gasteiger partial charge in [0.25, 0.3) is 11.8 Å². The summed E-state index contributed by atoms with van der Waals surface area (Å²) in [6.07, 6.45) is 6.15. The van der Waals surface area contributed by atoms with Gasteiger partial charge in [-0.15, -0.1) is 0 Å². The molecule has 0 spiro atoms. The molecule has 1 aliphatic heterocycles. The molecule has 2 aromatic rings. The molecule has 2 bridgehead atoms. The Bertz CT molecular complexity index is 1090. The second-order valence-electron chi connectivity index (χ2n) is 10.6. The van der Waals surface area contributed by atoms with Crippen LogP contribution in [0.25, 0.3) is 0 Å². The number of pyridine rings is 1. The quantitative estimate of drug-likeness (QED) is 0.779. The van der Waals surface area contributed by atoms with Crippen molar-refractivity contribution in [2.24, 2.45) is 10.8 Å². The Kier molecular flexibility index (Phi) is 5.74. The fourth-order valence-electron chi connectivity index (χ4n) is 5.94. The van der Waals surface area contributed by atoms with E-state index in [-0.39, 0.29) is 33.9 Å². The molecule has 1 aliphatic carbocycles. The molecule has 0 radical (unpaired) electrons. The normalized spacial score (nSPS) is 23.8. The SMILES string of the molecule is CCNC(=O)c1cn(Cc2ccccc2)cc(C(=O)N2C[C@@]3(C)C[C@@H]2CC(C)(C)C3)c1=O. The largest absolute Gasteiger partial charge is 0.352 e. The fraction of sp³-hybridized carbons (Fsp3) is 0.500. The van der Waals surface area contributed by atoms with E-state index in [0.29, 0.717) is 19.6 Å². The van der Waals surface area contributed by atoms with Crippen molar-refractivity contribution in [2.45, 2.75) is 59.5 Å². The number of fused-ring (bicyclic) bond motifs is 2. The Labute approximate surface area is 189 Å². The smallest absolute Gasteiger partial charge is 0.259 e. The predicted molar refractivity (Wildman–Crippen MR) is 125 cm³/mol. The molecule has 4 rings (SSSR count). The monoisotopic (exact) mass is 435 g/mol. The van der Waals surface area contributed by atoms with E-state index in [1.54, 1.807) is 17.0 Å². The molecular weight excluding hydrogens is 402 g/mol. The van der Waals surface area contributed by atoms with Crippen molar-refractivity contribution in [3.63, 3.8) is 0 Å². The molecule has 1 saturated heterocycles. The maximum absolute atomic E-state index is 13.7.